The average Bonchev–Trinajstić information content (AvgIpc) is 2.26. The van der Waals surface area contributed by atoms with Crippen LogP contribution in [0.1, 0.15) is 24.5 Å². The Bertz CT molecular complexity index is 407. The third kappa shape index (κ3) is 3.47. The summed E-state index contributed by atoms with van der Waals surface area (Å²) in [5.41, 5.74) is 1.95. The highest BCUT2D eigenvalue weighted by Crippen LogP contribution is 2.21. The molecule has 3 heteroatoms. The summed E-state index contributed by atoms with van der Waals surface area (Å²) in [7, 11) is 0. The van der Waals surface area contributed by atoms with Crippen molar-refractivity contribution >= 4 is 0 Å². The number of aliphatic hydroxyl groups is 1. The van der Waals surface area contributed by atoms with Gasteiger partial charge in [0.2, 0.25) is 0 Å². The smallest absolute Gasteiger partial charge is 0.122 e. The van der Waals surface area contributed by atoms with E-state index in [-0.39, 0.29) is 0 Å². The second-order valence-electron chi connectivity index (χ2n) is 5.68. The second-order valence-corrected chi connectivity index (χ2v) is 5.68. The Morgan fingerprint density at radius 1 is 1.33 bits per heavy atom. The zero-order valence-electron chi connectivity index (χ0n) is 11.6. The maximum atomic E-state index is 9.61. The quantitative estimate of drug-likeness (QED) is 0.812. The first-order valence-electron chi connectivity index (χ1n) is 6.61. The number of aryl methyl sites for hydroxylation is 2. The van der Waals surface area contributed by atoms with E-state index in [0.29, 0.717) is 0 Å². The molecule has 1 saturated heterocycles. The lowest BCUT2D eigenvalue weighted by Crippen LogP contribution is -2.59. The fourth-order valence-electron chi connectivity index (χ4n) is 2.41. The van der Waals surface area contributed by atoms with Crippen molar-refractivity contribution in [1.29, 1.82) is 0 Å². The van der Waals surface area contributed by atoms with Gasteiger partial charge in [0, 0.05) is 19.6 Å². The minimum absolute atomic E-state index is 0.464. The monoisotopic (exact) mass is 249 g/mol. The minimum Gasteiger partial charge on any atom is -0.493 e. The van der Waals surface area contributed by atoms with Crippen molar-refractivity contribution in [2.24, 2.45) is 0 Å². The lowest BCUT2D eigenvalue weighted by molar-refractivity contribution is -0.0840. The van der Waals surface area contributed by atoms with Crippen molar-refractivity contribution in [1.82, 2.24) is 4.90 Å². The first-order valence-corrected chi connectivity index (χ1v) is 6.61. The van der Waals surface area contributed by atoms with Crippen molar-refractivity contribution in [2.75, 3.05) is 26.2 Å². The Kier molecular flexibility index (Phi) is 3.93. The van der Waals surface area contributed by atoms with Crippen molar-refractivity contribution in [3.05, 3.63) is 29.3 Å². The number of nitrogens with zero attached hydrogens (tertiary/aromatic N) is 1. The third-order valence-corrected chi connectivity index (χ3v) is 3.35. The molecular weight excluding hydrogens is 226 g/mol. The second kappa shape index (κ2) is 5.29. The number of rotatable bonds is 5. The number of β-amino-alcohol motifs (C(OH)–C–C–N with tert-alkyl or cyclic N) is 1. The highest BCUT2D eigenvalue weighted by molar-refractivity contribution is 5.35. The maximum absolute atomic E-state index is 9.61. The van der Waals surface area contributed by atoms with Crippen LogP contribution in [0.4, 0.5) is 0 Å². The molecular formula is C15H23NO2. The lowest BCUT2D eigenvalue weighted by atomic mass is 9.97. The van der Waals surface area contributed by atoms with E-state index in [2.05, 4.69) is 36.9 Å². The molecule has 2 rings (SSSR count). The number of likely N-dealkylation sites (tertiary alicyclic amines) is 1. The normalized spacial score (nSPS) is 18.4. The first kappa shape index (κ1) is 13.4. The molecule has 1 N–H and O–H groups in total. The van der Waals surface area contributed by atoms with Crippen LogP contribution in [0.15, 0.2) is 18.2 Å². The van der Waals surface area contributed by atoms with Crippen LogP contribution in [-0.4, -0.2) is 41.8 Å². The number of benzene rings is 1. The summed E-state index contributed by atoms with van der Waals surface area (Å²) in [4.78, 5) is 2.26. The summed E-state index contributed by atoms with van der Waals surface area (Å²) < 4.78 is 5.80. The van der Waals surface area contributed by atoms with Crippen LogP contribution >= 0.6 is 0 Å². The van der Waals surface area contributed by atoms with Crippen molar-refractivity contribution in [3.8, 4) is 5.75 Å². The van der Waals surface area contributed by atoms with Crippen LogP contribution < -0.4 is 4.74 Å². The molecule has 3 nitrogen and oxygen atoms in total. The Morgan fingerprint density at radius 2 is 2.06 bits per heavy atom. The molecule has 0 saturated carbocycles. The van der Waals surface area contributed by atoms with E-state index in [0.717, 1.165) is 38.4 Å². The SMILES string of the molecule is Cc1ccc(C)c(OCCCN2CC(C)(O)C2)c1. The highest BCUT2D eigenvalue weighted by atomic mass is 16.5. The number of hydrogen-bond donors (Lipinski definition) is 1. The molecule has 0 spiro atoms. The molecule has 1 aromatic carbocycles. The van der Waals surface area contributed by atoms with Crippen molar-refractivity contribution in [2.45, 2.75) is 32.8 Å². The third-order valence-electron chi connectivity index (χ3n) is 3.35. The standard InChI is InChI=1S/C15H23NO2/c1-12-5-6-13(2)14(9-12)18-8-4-7-16-10-15(3,17)11-16/h5-6,9,17H,4,7-8,10-11H2,1-3H3. The van der Waals surface area contributed by atoms with Gasteiger partial charge in [0.25, 0.3) is 0 Å². The Morgan fingerprint density at radius 3 is 2.72 bits per heavy atom. The Labute approximate surface area is 109 Å². The Balaban J connectivity index is 1.68. The van der Waals surface area contributed by atoms with Crippen molar-refractivity contribution < 1.29 is 9.84 Å². The maximum Gasteiger partial charge on any atom is 0.122 e. The zero-order valence-corrected chi connectivity index (χ0v) is 11.6. The van der Waals surface area contributed by atoms with E-state index in [1.807, 2.05) is 6.92 Å². The van der Waals surface area contributed by atoms with Gasteiger partial charge in [-0.1, -0.05) is 12.1 Å². The van der Waals surface area contributed by atoms with Gasteiger partial charge in [0.05, 0.1) is 12.2 Å². The summed E-state index contributed by atoms with van der Waals surface area (Å²) in [5.74, 6) is 0.991. The molecule has 0 aliphatic carbocycles. The fraction of sp³-hybridized carbons (Fsp3) is 0.600. The lowest BCUT2D eigenvalue weighted by Gasteiger charge is -2.44. The fourth-order valence-corrected chi connectivity index (χ4v) is 2.41. The van der Waals surface area contributed by atoms with Crippen LogP contribution in [0, 0.1) is 13.8 Å². The van der Waals surface area contributed by atoms with Crippen LogP contribution in [0.2, 0.25) is 0 Å². The van der Waals surface area contributed by atoms with E-state index < -0.39 is 5.60 Å². The predicted molar refractivity (Wildman–Crippen MR) is 73.1 cm³/mol. The van der Waals surface area contributed by atoms with Crippen LogP contribution in [0.5, 0.6) is 5.75 Å². The van der Waals surface area contributed by atoms with Crippen LogP contribution in [-0.2, 0) is 0 Å². The first-order chi connectivity index (χ1) is 8.46. The minimum atomic E-state index is -0.464. The largest absolute Gasteiger partial charge is 0.493 e. The highest BCUT2D eigenvalue weighted by Gasteiger charge is 2.35. The average molecular weight is 249 g/mol. The van der Waals surface area contributed by atoms with Gasteiger partial charge < -0.3 is 9.84 Å². The number of ether oxygens (including phenoxy) is 1. The Hall–Kier alpha value is -1.06. The van der Waals surface area contributed by atoms with Crippen molar-refractivity contribution in [3.63, 3.8) is 0 Å². The van der Waals surface area contributed by atoms with Gasteiger partial charge in [-0.2, -0.15) is 0 Å². The van der Waals surface area contributed by atoms with Gasteiger partial charge in [-0.3, -0.25) is 4.90 Å². The van der Waals surface area contributed by atoms with Crippen LogP contribution in [0.25, 0.3) is 0 Å². The molecule has 1 heterocycles. The summed E-state index contributed by atoms with van der Waals surface area (Å²) in [6.07, 6.45) is 1.00. The summed E-state index contributed by atoms with van der Waals surface area (Å²) in [6, 6.07) is 6.28. The molecule has 0 aromatic heterocycles. The summed E-state index contributed by atoms with van der Waals surface area (Å²) >= 11 is 0. The van der Waals surface area contributed by atoms with E-state index in [1.165, 1.54) is 11.1 Å². The molecule has 100 valence electrons. The molecule has 0 radical (unpaired) electrons. The van der Waals surface area contributed by atoms with Crippen LogP contribution in [0.3, 0.4) is 0 Å². The molecule has 18 heavy (non-hydrogen) atoms. The van der Waals surface area contributed by atoms with E-state index in [4.69, 9.17) is 4.74 Å². The zero-order chi connectivity index (χ0) is 13.2. The van der Waals surface area contributed by atoms with E-state index in [1.54, 1.807) is 0 Å². The van der Waals surface area contributed by atoms with Gasteiger partial charge in [-0.15, -0.1) is 0 Å². The summed E-state index contributed by atoms with van der Waals surface area (Å²) in [5, 5.41) is 9.61. The van der Waals surface area contributed by atoms with E-state index >= 15 is 0 Å². The molecule has 1 aromatic rings. The van der Waals surface area contributed by atoms with Gasteiger partial charge >= 0.3 is 0 Å². The van der Waals surface area contributed by atoms with Gasteiger partial charge in [-0.05, 0) is 44.4 Å². The molecule has 0 bridgehead atoms. The molecule has 0 amide bonds. The molecule has 1 aliphatic heterocycles. The van der Waals surface area contributed by atoms with Gasteiger partial charge in [0.15, 0.2) is 0 Å². The number of hydrogen-bond acceptors (Lipinski definition) is 3. The molecule has 0 unspecified atom stereocenters. The van der Waals surface area contributed by atoms with Gasteiger partial charge in [-0.25, -0.2) is 0 Å². The molecule has 1 fully saturated rings. The molecule has 0 atom stereocenters. The summed E-state index contributed by atoms with van der Waals surface area (Å²) in [6.45, 7) is 9.35. The topological polar surface area (TPSA) is 32.7 Å². The van der Waals surface area contributed by atoms with Gasteiger partial charge in [0.1, 0.15) is 5.75 Å². The predicted octanol–water partition coefficient (Wildman–Crippen LogP) is 2.14. The molecule has 1 aliphatic rings. The van der Waals surface area contributed by atoms with E-state index in [9.17, 15) is 5.11 Å².